The monoisotopic (exact) mass is 1310 g/mol. The van der Waals surface area contributed by atoms with Gasteiger partial charge >= 0.3 is 159 Å². The van der Waals surface area contributed by atoms with Gasteiger partial charge < -0.3 is 83.0 Å². The van der Waals surface area contributed by atoms with Crippen molar-refractivity contribution in [3.05, 3.63) is 0 Å². The molecule has 0 aliphatic carbocycles. The molecular formula is H20Ba2O23P2Si5Y5. The Morgan fingerprint density at radius 2 is 0.351 bits per heavy atom. The zero-order valence-electron chi connectivity index (χ0n) is 21.7. The molecule has 0 bridgehead atoms. The Labute approximate surface area is 426 Å². The average molecular weight is 1310 g/mol. The van der Waals surface area contributed by atoms with Gasteiger partial charge in [-0.05, 0) is 0 Å². The Morgan fingerprint density at radius 1 is 0.351 bits per heavy atom. The zero-order chi connectivity index (χ0) is 26.9. The first kappa shape index (κ1) is 90.4. The first-order chi connectivity index (χ1) is 12.7. The molecule has 37 heavy (non-hydrogen) atoms. The molecule has 0 saturated heterocycles. The van der Waals surface area contributed by atoms with Gasteiger partial charge in [-0.15, -0.1) is 0 Å². The van der Waals surface area contributed by atoms with Crippen molar-refractivity contribution in [2.24, 2.45) is 0 Å². The van der Waals surface area contributed by atoms with Crippen molar-refractivity contribution in [3.63, 3.8) is 0 Å². The minimum atomic E-state index is -4.64. The van der Waals surface area contributed by atoms with Gasteiger partial charge in [-0.1, -0.05) is 0 Å². The van der Waals surface area contributed by atoms with Gasteiger partial charge in [-0.25, -0.2) is 9.13 Å². The Bertz CT molecular complexity index is 475. The standard InChI is InChI=1S/2Ba.2H3O4P.5H2O3Si.5Y.4H/c;;2*1-5(2,3)4;5*1-4(2)3;;;;;;;;;/h;;2*(H3,1,2,3,4);5*1-2H;;;;;;;;;/q2*+2;;;;;;;;;;;;;4*-1. The van der Waals surface area contributed by atoms with Crippen LogP contribution in [-0.2, 0) is 195 Å². The molecule has 0 fully saturated rings. The summed E-state index contributed by atoms with van der Waals surface area (Å²) >= 11 is 0. The third-order valence-corrected chi connectivity index (χ3v) is 0. The van der Waals surface area contributed by atoms with Crippen LogP contribution in [0.3, 0.4) is 0 Å². The fourth-order valence-corrected chi connectivity index (χ4v) is 0. The molecule has 0 aromatic heterocycles. The molecule has 16 N–H and O–H groups in total. The van der Waals surface area contributed by atoms with Crippen LogP contribution in [0.1, 0.15) is 5.71 Å². The Kier molecular flexibility index (Phi) is 160. The van der Waals surface area contributed by atoms with Crippen molar-refractivity contribution < 1.29 is 278 Å². The first-order valence-corrected chi connectivity index (χ1v) is 14.5. The first-order valence-electron chi connectivity index (χ1n) is 4.82. The summed E-state index contributed by atoms with van der Waals surface area (Å²) in [5.41, 5.74) is 0. The Balaban J connectivity index is -0.00000000902. The van der Waals surface area contributed by atoms with Crippen molar-refractivity contribution in [3.8, 4) is 0 Å². The summed E-state index contributed by atoms with van der Waals surface area (Å²) in [6.07, 6.45) is 0. The molecule has 23 nitrogen and oxygen atoms in total. The van der Waals surface area contributed by atoms with Crippen molar-refractivity contribution in [1.82, 2.24) is 0 Å². The summed E-state index contributed by atoms with van der Waals surface area (Å²) in [6, 6.07) is 0. The molecule has 0 aliphatic heterocycles. The average Bonchev–Trinajstić information content (AvgIpc) is 2.16. The summed E-state index contributed by atoms with van der Waals surface area (Å²) in [4.78, 5) is 115. The van der Waals surface area contributed by atoms with Crippen LogP contribution in [0.25, 0.3) is 0 Å². The number of hydrogen-bond acceptors (Lipinski definition) is 7. The molecule has 5 radical (unpaired) electrons. The van der Waals surface area contributed by atoms with Gasteiger partial charge in [0.25, 0.3) is 0 Å². The molecule has 0 aromatic carbocycles. The molecule has 0 unspecified atom stereocenters. The number of rotatable bonds is 0. The predicted octanol–water partition coefficient (Wildman–Crippen LogP) is -10.2. The third kappa shape index (κ3) is 1490. The molecule has 0 aliphatic rings. The van der Waals surface area contributed by atoms with E-state index in [-0.39, 0.29) is 267 Å². The van der Waals surface area contributed by atoms with Crippen LogP contribution >= 0.6 is 15.6 Å². The van der Waals surface area contributed by atoms with Crippen molar-refractivity contribution in [1.29, 1.82) is 0 Å². The van der Waals surface area contributed by atoms with Gasteiger partial charge in [-0.3, -0.25) is 22.3 Å². The van der Waals surface area contributed by atoms with E-state index in [1.807, 2.05) is 0 Å². The van der Waals surface area contributed by atoms with Crippen molar-refractivity contribution >= 4 is 159 Å². The summed E-state index contributed by atoms with van der Waals surface area (Å²) in [5, 5.41) is 0. The molecule has 0 saturated carbocycles. The summed E-state index contributed by atoms with van der Waals surface area (Å²) in [6.45, 7) is 0. The van der Waals surface area contributed by atoms with Crippen LogP contribution in [0, 0.1) is 0 Å². The largest absolute Gasteiger partial charge is 2.00 e. The summed E-state index contributed by atoms with van der Waals surface area (Å²) in [5.74, 6) is 0. The topological polar surface area (TPSA) is 443 Å². The van der Waals surface area contributed by atoms with E-state index in [1.165, 1.54) is 0 Å². The molecule has 0 spiro atoms. The smallest absolute Gasteiger partial charge is 1.00 e. The fraction of sp³-hybridized carbons (Fsp3) is 0. The van der Waals surface area contributed by atoms with E-state index in [2.05, 4.69) is 0 Å². The Hall–Kier alpha value is 6.97. The third-order valence-electron chi connectivity index (χ3n) is 0. The fourth-order valence-electron chi connectivity index (χ4n) is 0. The molecule has 0 atom stereocenters. The van der Waals surface area contributed by atoms with Crippen LogP contribution in [0.2, 0.25) is 0 Å². The predicted molar refractivity (Wildman–Crippen MR) is 98.9 cm³/mol. The van der Waals surface area contributed by atoms with E-state index >= 15 is 0 Å². The van der Waals surface area contributed by atoms with E-state index in [0.717, 1.165) is 0 Å². The van der Waals surface area contributed by atoms with Crippen LogP contribution in [0.15, 0.2) is 0 Å². The van der Waals surface area contributed by atoms with Crippen LogP contribution in [0.4, 0.5) is 0 Å². The maximum Gasteiger partial charge on any atom is 2.00 e. The van der Waals surface area contributed by atoms with E-state index < -0.39 is 61.5 Å². The van der Waals surface area contributed by atoms with Gasteiger partial charge in [-0.2, -0.15) is 0 Å². The number of hydrogen-bond donors (Lipinski definition) is 16. The van der Waals surface area contributed by atoms with E-state index in [0.29, 0.717) is 0 Å². The van der Waals surface area contributed by atoms with E-state index in [4.69, 9.17) is 109 Å². The van der Waals surface area contributed by atoms with Crippen LogP contribution < -0.4 is 0 Å². The van der Waals surface area contributed by atoms with Crippen LogP contribution in [0.5, 0.6) is 0 Å². The molecule has 0 aromatic rings. The molecule has 0 amide bonds. The summed E-state index contributed by atoms with van der Waals surface area (Å²) < 4.78 is 61.5. The second-order valence-electron chi connectivity index (χ2n) is 2.44. The SMILES string of the molecule is O=P(O)(O)O.O=P(O)(O)O.O=[Si](O)O.O=[Si](O)O.O=[Si](O)O.O=[Si](O)O.O=[Si](O)O.[Ba+2].[Ba+2].[H-].[H-].[H-].[H-].[Y].[Y].[Y].[Y].[Y]. The van der Waals surface area contributed by atoms with Crippen LogP contribution in [-0.4, -0.2) is 221 Å². The normalized spacial score (nSPS) is 6.43. The van der Waals surface area contributed by atoms with Crippen molar-refractivity contribution in [2.45, 2.75) is 0 Å². The minimum absolute atomic E-state index is 0. The molecule has 37 heteroatoms. The van der Waals surface area contributed by atoms with E-state index in [9.17, 15) is 0 Å². The minimum Gasteiger partial charge on any atom is -1.00 e. The van der Waals surface area contributed by atoms with Gasteiger partial charge in [0, 0.05) is 164 Å². The molecular weight excluding hydrogens is 1290 g/mol. The van der Waals surface area contributed by atoms with E-state index in [1.54, 1.807) is 0 Å². The summed E-state index contributed by atoms with van der Waals surface area (Å²) in [7, 11) is -24.9. The van der Waals surface area contributed by atoms with Gasteiger partial charge in [0.05, 0.1) is 0 Å². The molecule has 0 rings (SSSR count). The maximum atomic E-state index is 8.88. The Morgan fingerprint density at radius 3 is 0.351 bits per heavy atom. The molecule has 207 valence electrons. The van der Waals surface area contributed by atoms with Gasteiger partial charge in [0.15, 0.2) is 0 Å². The second-order valence-corrected chi connectivity index (χ2v) is 7.32. The molecule has 0 heterocycles. The van der Waals surface area contributed by atoms with Gasteiger partial charge in [0.2, 0.25) is 0 Å². The maximum absolute atomic E-state index is 8.88. The van der Waals surface area contributed by atoms with Crippen molar-refractivity contribution in [2.75, 3.05) is 0 Å². The quantitative estimate of drug-likeness (QED) is 0.0791. The number of phosphoric acid groups is 2. The van der Waals surface area contributed by atoms with Gasteiger partial charge in [0.1, 0.15) is 0 Å². The second kappa shape index (κ2) is 65.6. The zero-order valence-corrected chi connectivity index (χ0v) is 47.6.